The first kappa shape index (κ1) is 20.4. The summed E-state index contributed by atoms with van der Waals surface area (Å²) in [4.78, 5) is 12.9. The fourth-order valence-corrected chi connectivity index (χ4v) is 3.32. The third-order valence-electron chi connectivity index (χ3n) is 3.46. The van der Waals surface area contributed by atoms with Crippen LogP contribution in [0.1, 0.15) is 12.5 Å². The number of carbonyl (C=O) groups excluding carboxylic acids is 1. The summed E-state index contributed by atoms with van der Waals surface area (Å²) in [6.45, 7) is 2.50. The quantitative estimate of drug-likeness (QED) is 0.791. The Bertz CT molecular complexity index is 680. The zero-order valence-electron chi connectivity index (χ0n) is 13.8. The summed E-state index contributed by atoms with van der Waals surface area (Å²) in [6, 6.07) is 16.9. The third kappa shape index (κ3) is 6.07. The second-order valence-electron chi connectivity index (χ2n) is 5.45. The number of rotatable bonds is 7. The average molecular weight is 367 g/mol. The van der Waals surface area contributed by atoms with Crippen molar-refractivity contribution in [2.24, 2.45) is 5.92 Å². The maximum absolute atomic E-state index is 12.4. The van der Waals surface area contributed by atoms with E-state index in [4.69, 9.17) is 0 Å². The molecule has 2 atom stereocenters. The number of anilines is 1. The van der Waals surface area contributed by atoms with E-state index in [-0.39, 0.29) is 24.2 Å². The lowest BCUT2D eigenvalue weighted by atomic mass is 10.1. The maximum Gasteiger partial charge on any atom is 0.228 e. The first-order valence-corrected chi connectivity index (χ1v) is 8.90. The Kier molecular flexibility index (Phi) is 8.68. The molecule has 2 aromatic carbocycles. The number of hydrogen-bond donors (Lipinski definition) is 2. The van der Waals surface area contributed by atoms with Gasteiger partial charge in [0.05, 0.1) is 16.6 Å². The molecule has 0 radical (unpaired) electrons. The second kappa shape index (κ2) is 10.2. The third-order valence-corrected chi connectivity index (χ3v) is 4.85. The average Bonchev–Trinajstić information content (AvgIpc) is 2.56. The number of halogens is 1. The Hall–Kier alpha value is -1.69. The Balaban J connectivity index is 0.00000288. The predicted molar refractivity (Wildman–Crippen MR) is 102 cm³/mol. The Morgan fingerprint density at radius 1 is 1.12 bits per heavy atom. The number of hydrogen-bond acceptors (Lipinski definition) is 3. The van der Waals surface area contributed by atoms with Crippen molar-refractivity contribution in [3.63, 3.8) is 0 Å². The van der Waals surface area contributed by atoms with E-state index in [1.165, 1.54) is 0 Å². The number of amides is 1. The van der Waals surface area contributed by atoms with Crippen molar-refractivity contribution in [1.29, 1.82) is 0 Å². The highest BCUT2D eigenvalue weighted by atomic mass is 35.5. The second-order valence-corrected chi connectivity index (χ2v) is 6.90. The van der Waals surface area contributed by atoms with Crippen LogP contribution in [0.15, 0.2) is 59.5 Å². The molecule has 2 rings (SSSR count). The molecule has 2 unspecified atom stereocenters. The van der Waals surface area contributed by atoms with Crippen LogP contribution < -0.4 is 10.6 Å². The van der Waals surface area contributed by atoms with Crippen molar-refractivity contribution in [3.05, 3.63) is 60.2 Å². The highest BCUT2D eigenvalue weighted by Gasteiger charge is 2.12. The fraction of sp³-hybridized carbons (Fsp3) is 0.278. The summed E-state index contributed by atoms with van der Waals surface area (Å²) >= 11 is 0. The van der Waals surface area contributed by atoms with Crippen molar-refractivity contribution in [3.8, 4) is 0 Å². The first-order valence-electron chi connectivity index (χ1n) is 7.58. The minimum atomic E-state index is -1.09. The molecule has 0 spiro atoms. The summed E-state index contributed by atoms with van der Waals surface area (Å²) in [7, 11) is 0.733. The minimum absolute atomic E-state index is 0. The summed E-state index contributed by atoms with van der Waals surface area (Å²) in [5, 5.41) is 5.89. The fourth-order valence-electron chi connectivity index (χ4n) is 2.21. The van der Waals surface area contributed by atoms with Gasteiger partial charge in [0, 0.05) is 23.0 Å². The molecule has 0 heterocycles. The standard InChI is InChI=1S/C18H22N2O2S.ClH/c1-14(12-19-2)18(21)20-16-8-6-7-15(11-16)13-23(22)17-9-4-3-5-10-17;/h3-11,14,19H,12-13H2,1-2H3,(H,20,21);1H. The number of benzene rings is 2. The van der Waals surface area contributed by atoms with Crippen LogP contribution in [0.3, 0.4) is 0 Å². The zero-order valence-corrected chi connectivity index (χ0v) is 15.5. The topological polar surface area (TPSA) is 58.2 Å². The van der Waals surface area contributed by atoms with Gasteiger partial charge < -0.3 is 10.6 Å². The molecular formula is C18H23ClN2O2S. The Morgan fingerprint density at radius 2 is 1.83 bits per heavy atom. The molecule has 2 N–H and O–H groups in total. The van der Waals surface area contributed by atoms with Gasteiger partial charge in [-0.15, -0.1) is 12.4 Å². The van der Waals surface area contributed by atoms with Gasteiger partial charge in [0.2, 0.25) is 5.91 Å². The molecule has 1 amide bonds. The molecule has 24 heavy (non-hydrogen) atoms. The number of carbonyl (C=O) groups is 1. The zero-order chi connectivity index (χ0) is 16.7. The van der Waals surface area contributed by atoms with Gasteiger partial charge in [-0.05, 0) is 36.9 Å². The van der Waals surface area contributed by atoms with Crippen LogP contribution in [0.4, 0.5) is 5.69 Å². The van der Waals surface area contributed by atoms with Gasteiger partial charge in [0.1, 0.15) is 0 Å². The van der Waals surface area contributed by atoms with E-state index >= 15 is 0 Å². The van der Waals surface area contributed by atoms with E-state index < -0.39 is 10.8 Å². The molecule has 0 aliphatic rings. The van der Waals surface area contributed by atoms with Crippen molar-refractivity contribution in [2.45, 2.75) is 17.6 Å². The van der Waals surface area contributed by atoms with Crippen LogP contribution in [0.25, 0.3) is 0 Å². The van der Waals surface area contributed by atoms with Crippen LogP contribution in [0, 0.1) is 5.92 Å². The van der Waals surface area contributed by atoms with Gasteiger partial charge in [-0.3, -0.25) is 9.00 Å². The van der Waals surface area contributed by atoms with Crippen LogP contribution in [0.2, 0.25) is 0 Å². The first-order chi connectivity index (χ1) is 11.1. The molecular weight excluding hydrogens is 344 g/mol. The normalized spacial score (nSPS) is 12.8. The highest BCUT2D eigenvalue weighted by molar-refractivity contribution is 7.84. The molecule has 0 bridgehead atoms. The smallest absolute Gasteiger partial charge is 0.228 e. The van der Waals surface area contributed by atoms with E-state index in [1.807, 2.05) is 68.6 Å². The van der Waals surface area contributed by atoms with Crippen molar-refractivity contribution >= 4 is 34.8 Å². The van der Waals surface area contributed by atoms with Crippen LogP contribution in [0.5, 0.6) is 0 Å². The van der Waals surface area contributed by atoms with Crippen LogP contribution in [-0.2, 0) is 21.3 Å². The Labute approximate surface area is 151 Å². The molecule has 6 heteroatoms. The molecule has 0 saturated heterocycles. The van der Waals surface area contributed by atoms with E-state index in [9.17, 15) is 9.00 Å². The van der Waals surface area contributed by atoms with Gasteiger partial charge in [-0.25, -0.2) is 0 Å². The molecule has 130 valence electrons. The minimum Gasteiger partial charge on any atom is -0.326 e. The van der Waals surface area contributed by atoms with Gasteiger partial charge in [-0.1, -0.05) is 37.3 Å². The lowest BCUT2D eigenvalue weighted by Crippen LogP contribution is -2.28. The summed E-state index contributed by atoms with van der Waals surface area (Å²) in [5.41, 5.74) is 1.67. The molecule has 4 nitrogen and oxygen atoms in total. The molecule has 0 aliphatic heterocycles. The number of nitrogens with one attached hydrogen (secondary N) is 2. The maximum atomic E-state index is 12.4. The van der Waals surface area contributed by atoms with Crippen molar-refractivity contribution < 1.29 is 9.00 Å². The van der Waals surface area contributed by atoms with Crippen molar-refractivity contribution in [1.82, 2.24) is 5.32 Å². The summed E-state index contributed by atoms with van der Waals surface area (Å²) in [5.74, 6) is 0.294. The molecule has 0 saturated carbocycles. The van der Waals surface area contributed by atoms with E-state index in [0.29, 0.717) is 12.3 Å². The van der Waals surface area contributed by atoms with E-state index in [0.717, 1.165) is 16.1 Å². The lowest BCUT2D eigenvalue weighted by Gasteiger charge is -2.12. The van der Waals surface area contributed by atoms with Gasteiger partial charge in [-0.2, -0.15) is 0 Å². The van der Waals surface area contributed by atoms with Gasteiger partial charge in [0.25, 0.3) is 0 Å². The Morgan fingerprint density at radius 3 is 2.50 bits per heavy atom. The van der Waals surface area contributed by atoms with E-state index in [1.54, 1.807) is 0 Å². The lowest BCUT2D eigenvalue weighted by molar-refractivity contribution is -0.119. The molecule has 2 aromatic rings. The van der Waals surface area contributed by atoms with Gasteiger partial charge >= 0.3 is 0 Å². The predicted octanol–water partition coefficient (Wildman–Crippen LogP) is 3.21. The molecule has 0 fully saturated rings. The van der Waals surface area contributed by atoms with Crippen LogP contribution in [-0.4, -0.2) is 23.7 Å². The SMILES string of the molecule is CNCC(C)C(=O)Nc1cccc(CS(=O)c2ccccc2)c1.Cl. The summed E-state index contributed by atoms with van der Waals surface area (Å²) in [6.07, 6.45) is 0. The van der Waals surface area contributed by atoms with Crippen LogP contribution >= 0.6 is 12.4 Å². The van der Waals surface area contributed by atoms with E-state index in [2.05, 4.69) is 10.6 Å². The largest absolute Gasteiger partial charge is 0.326 e. The summed E-state index contributed by atoms with van der Waals surface area (Å²) < 4.78 is 12.4. The van der Waals surface area contributed by atoms with Crippen molar-refractivity contribution in [2.75, 3.05) is 18.9 Å². The molecule has 0 aliphatic carbocycles. The monoisotopic (exact) mass is 366 g/mol. The highest BCUT2D eigenvalue weighted by Crippen LogP contribution is 2.16. The molecule has 0 aromatic heterocycles. The van der Waals surface area contributed by atoms with Gasteiger partial charge in [0.15, 0.2) is 0 Å².